The first-order chi connectivity index (χ1) is 12.8. The number of carbonyl (C=O) groups is 1. The predicted octanol–water partition coefficient (Wildman–Crippen LogP) is 2.72. The Morgan fingerprint density at radius 2 is 1.85 bits per heavy atom. The number of carbonyl (C=O) groups excluding carboxylic acids is 1. The van der Waals surface area contributed by atoms with E-state index in [9.17, 15) is 13.2 Å². The zero-order valence-corrected chi connectivity index (χ0v) is 16.3. The lowest BCUT2D eigenvalue weighted by Gasteiger charge is -2.22. The summed E-state index contributed by atoms with van der Waals surface area (Å²) in [7, 11) is -2.53. The average Bonchev–Trinajstić information content (AvgIpc) is 3.09. The zero-order chi connectivity index (χ0) is 19.9. The Balaban J connectivity index is 2.21. The number of ether oxygens (including phenoxy) is 2. The molecule has 0 spiro atoms. The molecule has 1 aromatic carbocycles. The Morgan fingerprint density at radius 3 is 2.41 bits per heavy atom. The number of sulfonamides is 1. The Labute approximate surface area is 160 Å². The molecule has 0 aromatic heterocycles. The highest BCUT2D eigenvalue weighted by Gasteiger charge is 2.36. The number of hydrogen-bond acceptors (Lipinski definition) is 5. The van der Waals surface area contributed by atoms with Crippen molar-refractivity contribution in [2.24, 2.45) is 0 Å². The number of hydrogen-bond donors (Lipinski definition) is 0. The van der Waals surface area contributed by atoms with Crippen molar-refractivity contribution in [3.05, 3.63) is 29.8 Å². The van der Waals surface area contributed by atoms with E-state index in [1.54, 1.807) is 24.3 Å². The zero-order valence-electron chi connectivity index (χ0n) is 15.5. The monoisotopic (exact) mass is 389 g/mol. The van der Waals surface area contributed by atoms with Crippen LogP contribution in [-0.2, 0) is 19.5 Å². The van der Waals surface area contributed by atoms with Crippen LogP contribution < -0.4 is 0 Å². The smallest absolute Gasteiger partial charge is 0.438 e. The topological polar surface area (TPSA) is 72.9 Å². The summed E-state index contributed by atoms with van der Waals surface area (Å²) in [5, 5.41) is 0. The molecule has 0 amide bonds. The quantitative estimate of drug-likeness (QED) is 0.572. The molecule has 27 heavy (non-hydrogen) atoms. The van der Waals surface area contributed by atoms with Crippen LogP contribution in [0.15, 0.2) is 29.2 Å². The standard InChI is InChI=1S/C20H23NO5S/c1-4-15-21(27(23,24)18-10-8-17(2)9-11-18)16-7-14-20(12-5-6-13-20)26-19(22)25-3/h1,8-11H,5-6,12-13,15-16H2,2-3H3. The van der Waals surface area contributed by atoms with Crippen molar-refractivity contribution in [3.63, 3.8) is 0 Å². The second-order valence-electron chi connectivity index (χ2n) is 6.35. The number of methoxy groups -OCH3 is 1. The number of rotatable bonds is 5. The van der Waals surface area contributed by atoms with E-state index in [1.165, 1.54) is 7.11 Å². The highest BCUT2D eigenvalue weighted by Crippen LogP contribution is 2.33. The van der Waals surface area contributed by atoms with Crippen LogP contribution in [0.5, 0.6) is 0 Å². The van der Waals surface area contributed by atoms with Gasteiger partial charge in [0.2, 0.25) is 10.0 Å². The summed E-state index contributed by atoms with van der Waals surface area (Å²) in [5.41, 5.74) is 0.0306. The van der Waals surface area contributed by atoms with Gasteiger partial charge in [0.05, 0.1) is 25.1 Å². The molecule has 0 radical (unpaired) electrons. The Morgan fingerprint density at radius 1 is 1.22 bits per heavy atom. The molecule has 1 aliphatic rings. The molecule has 0 heterocycles. The van der Waals surface area contributed by atoms with Gasteiger partial charge in [-0.05, 0) is 44.7 Å². The summed E-state index contributed by atoms with van der Waals surface area (Å²) in [6, 6.07) is 6.54. The normalized spacial score (nSPS) is 15.5. The van der Waals surface area contributed by atoms with E-state index in [2.05, 4.69) is 22.5 Å². The van der Waals surface area contributed by atoms with Crippen molar-refractivity contribution in [1.29, 1.82) is 0 Å². The van der Waals surface area contributed by atoms with E-state index < -0.39 is 21.8 Å². The van der Waals surface area contributed by atoms with Crippen LogP contribution in [0.1, 0.15) is 31.2 Å². The van der Waals surface area contributed by atoms with Gasteiger partial charge in [0, 0.05) is 0 Å². The van der Waals surface area contributed by atoms with Gasteiger partial charge in [-0.3, -0.25) is 0 Å². The molecule has 0 unspecified atom stereocenters. The van der Waals surface area contributed by atoms with Crippen molar-refractivity contribution in [1.82, 2.24) is 4.31 Å². The van der Waals surface area contributed by atoms with Crippen molar-refractivity contribution in [3.8, 4) is 24.2 Å². The van der Waals surface area contributed by atoms with E-state index in [0.717, 1.165) is 22.7 Å². The number of aryl methyl sites for hydroxylation is 1. The van der Waals surface area contributed by atoms with Crippen LogP contribution >= 0.6 is 0 Å². The maximum atomic E-state index is 12.8. The number of terminal acetylenes is 1. The lowest BCUT2D eigenvalue weighted by Crippen LogP contribution is -2.33. The van der Waals surface area contributed by atoms with E-state index in [0.29, 0.717) is 12.8 Å². The van der Waals surface area contributed by atoms with Gasteiger partial charge < -0.3 is 9.47 Å². The third-order valence-corrected chi connectivity index (χ3v) is 6.16. The first-order valence-corrected chi connectivity index (χ1v) is 10.0. The van der Waals surface area contributed by atoms with Crippen LogP contribution in [0.4, 0.5) is 4.79 Å². The third kappa shape index (κ3) is 5.26. The summed E-state index contributed by atoms with van der Waals surface area (Å²) in [4.78, 5) is 11.7. The van der Waals surface area contributed by atoms with Crippen molar-refractivity contribution >= 4 is 16.2 Å². The van der Waals surface area contributed by atoms with Gasteiger partial charge in [-0.15, -0.1) is 6.42 Å². The van der Waals surface area contributed by atoms with Crippen molar-refractivity contribution in [2.45, 2.75) is 43.1 Å². The highest BCUT2D eigenvalue weighted by molar-refractivity contribution is 7.89. The summed E-state index contributed by atoms with van der Waals surface area (Å²) in [6.45, 7) is 1.69. The lowest BCUT2D eigenvalue weighted by atomic mass is 10.0. The van der Waals surface area contributed by atoms with Crippen molar-refractivity contribution < 1.29 is 22.7 Å². The lowest BCUT2D eigenvalue weighted by molar-refractivity contribution is 0.00795. The van der Waals surface area contributed by atoms with E-state index >= 15 is 0 Å². The second-order valence-corrected chi connectivity index (χ2v) is 8.29. The van der Waals surface area contributed by atoms with Gasteiger partial charge in [0.25, 0.3) is 0 Å². The molecule has 1 fully saturated rings. The van der Waals surface area contributed by atoms with Gasteiger partial charge in [-0.1, -0.05) is 35.5 Å². The van der Waals surface area contributed by atoms with Crippen LogP contribution in [-0.4, -0.2) is 44.7 Å². The van der Waals surface area contributed by atoms with Crippen LogP contribution in [0.3, 0.4) is 0 Å². The van der Waals surface area contributed by atoms with Crippen molar-refractivity contribution in [2.75, 3.05) is 20.2 Å². The molecule has 1 saturated carbocycles. The van der Waals surface area contributed by atoms with Crippen LogP contribution in [0.25, 0.3) is 0 Å². The molecule has 0 N–H and O–H groups in total. The minimum absolute atomic E-state index is 0.0906. The van der Waals surface area contributed by atoms with Crippen LogP contribution in [0, 0.1) is 31.1 Å². The summed E-state index contributed by atoms with van der Waals surface area (Å²) in [5.74, 6) is 8.13. The fourth-order valence-corrected chi connectivity index (χ4v) is 4.13. The largest absolute Gasteiger partial charge is 0.509 e. The first kappa shape index (κ1) is 20.8. The maximum Gasteiger partial charge on any atom is 0.509 e. The molecule has 1 aliphatic carbocycles. The SMILES string of the molecule is C#CCN(CC#CC1(OC(=O)OC)CCCC1)S(=O)(=O)c1ccc(C)cc1. The molecule has 0 atom stereocenters. The van der Waals surface area contributed by atoms with E-state index in [4.69, 9.17) is 11.2 Å². The number of benzene rings is 1. The van der Waals surface area contributed by atoms with E-state index in [1.807, 2.05) is 6.92 Å². The molecule has 144 valence electrons. The molecule has 0 aliphatic heterocycles. The van der Waals surface area contributed by atoms with Gasteiger partial charge in [0.15, 0.2) is 5.60 Å². The average molecular weight is 389 g/mol. The second kappa shape index (κ2) is 8.94. The fourth-order valence-electron chi connectivity index (χ4n) is 2.88. The summed E-state index contributed by atoms with van der Waals surface area (Å²) >= 11 is 0. The highest BCUT2D eigenvalue weighted by atomic mass is 32.2. The van der Waals surface area contributed by atoms with Crippen LogP contribution in [0.2, 0.25) is 0 Å². The third-order valence-electron chi connectivity index (χ3n) is 4.35. The Kier molecular flexibility index (Phi) is 6.90. The van der Waals surface area contributed by atoms with Gasteiger partial charge in [0.1, 0.15) is 0 Å². The summed E-state index contributed by atoms with van der Waals surface area (Å²) in [6.07, 6.45) is 7.49. The van der Waals surface area contributed by atoms with Gasteiger partial charge in [-0.2, -0.15) is 4.31 Å². The molecule has 0 saturated heterocycles. The summed E-state index contributed by atoms with van der Waals surface area (Å²) < 4.78 is 36.7. The Hall–Kier alpha value is -2.48. The molecular formula is C20H23NO5S. The van der Waals surface area contributed by atoms with Gasteiger partial charge in [-0.25, -0.2) is 13.2 Å². The molecule has 6 nitrogen and oxygen atoms in total. The molecular weight excluding hydrogens is 366 g/mol. The van der Waals surface area contributed by atoms with Gasteiger partial charge >= 0.3 is 6.16 Å². The molecule has 1 aromatic rings. The minimum atomic E-state index is -3.77. The minimum Gasteiger partial charge on any atom is -0.438 e. The predicted molar refractivity (Wildman–Crippen MR) is 101 cm³/mol. The molecule has 0 bridgehead atoms. The molecule has 2 rings (SSSR count). The maximum absolute atomic E-state index is 12.8. The fraction of sp³-hybridized carbons (Fsp3) is 0.450. The van der Waals surface area contributed by atoms with E-state index in [-0.39, 0.29) is 18.0 Å². The first-order valence-electron chi connectivity index (χ1n) is 8.60. The Bertz CT molecular complexity index is 866. The molecule has 7 heteroatoms. The number of nitrogens with zero attached hydrogens (tertiary/aromatic N) is 1.